The summed E-state index contributed by atoms with van der Waals surface area (Å²) in [5, 5.41) is 4.37. The van der Waals surface area contributed by atoms with Crippen molar-refractivity contribution in [1.82, 2.24) is 15.2 Å². The van der Waals surface area contributed by atoms with Crippen LogP contribution in [0.4, 0.5) is 0 Å². The molecule has 1 unspecified atom stereocenters. The normalized spacial score (nSPS) is 21.0. The zero-order chi connectivity index (χ0) is 22.0. The van der Waals surface area contributed by atoms with Crippen LogP contribution in [0.15, 0.2) is 50.6 Å². The van der Waals surface area contributed by atoms with Gasteiger partial charge in [-0.2, -0.15) is 0 Å². The van der Waals surface area contributed by atoms with Crippen LogP contribution in [0.2, 0.25) is 0 Å². The smallest absolute Gasteiger partial charge is 0.223 e. The number of hydrogen-bond acceptors (Lipinski definition) is 6. The van der Waals surface area contributed by atoms with Gasteiger partial charge in [0.25, 0.3) is 0 Å². The van der Waals surface area contributed by atoms with Gasteiger partial charge in [-0.25, -0.2) is 9.98 Å². The van der Waals surface area contributed by atoms with Gasteiger partial charge in [-0.3, -0.25) is 4.98 Å². The van der Waals surface area contributed by atoms with Gasteiger partial charge in [-0.15, -0.1) is 0 Å². The van der Waals surface area contributed by atoms with Gasteiger partial charge in [0.2, 0.25) is 5.96 Å². The summed E-state index contributed by atoms with van der Waals surface area (Å²) in [7, 11) is 0. The third-order valence-electron chi connectivity index (χ3n) is 6.27. The summed E-state index contributed by atoms with van der Waals surface area (Å²) in [5.74, 6) is 1.23. The van der Waals surface area contributed by atoms with E-state index in [0.717, 1.165) is 71.8 Å². The number of aliphatic imine (C=N–C) groups is 2. The average Bonchev–Trinajstić information content (AvgIpc) is 3.11. The number of rotatable bonds is 6. The number of fused-ring (bicyclic) bond motifs is 1. The molecule has 6 nitrogen and oxygen atoms in total. The van der Waals surface area contributed by atoms with Crippen LogP contribution in [0.3, 0.4) is 0 Å². The quantitative estimate of drug-likeness (QED) is 0.708. The molecule has 1 atom stereocenters. The molecule has 0 aromatic carbocycles. The number of halogens is 1. The lowest BCUT2D eigenvalue weighted by atomic mass is 9.97. The number of piperidine rings is 1. The second-order valence-electron chi connectivity index (χ2n) is 9.21. The Hall–Kier alpha value is -2.02. The Morgan fingerprint density at radius 1 is 1.23 bits per heavy atom. The molecule has 0 saturated carbocycles. The topological polar surface area (TPSA) is 78.9 Å². The maximum Gasteiger partial charge on any atom is 0.223 e. The lowest BCUT2D eigenvalue weighted by Gasteiger charge is -2.34. The number of guanidine groups is 1. The largest absolute Gasteiger partial charge is 0.351 e. The molecule has 0 amide bonds. The van der Waals surface area contributed by atoms with E-state index in [1.165, 1.54) is 0 Å². The number of nitrogens with zero attached hydrogens (tertiary/aromatic N) is 4. The maximum atomic E-state index is 6.43. The molecule has 4 rings (SSSR count). The number of nitrogens with one attached hydrogen (secondary N) is 1. The minimum absolute atomic E-state index is 0.240. The van der Waals surface area contributed by atoms with Crippen LogP contribution in [-0.2, 0) is 6.42 Å². The molecular formula is C24H33ClN6. The van der Waals surface area contributed by atoms with Crippen LogP contribution in [0.25, 0.3) is 0 Å². The van der Waals surface area contributed by atoms with Crippen molar-refractivity contribution in [3.05, 3.63) is 52.0 Å². The van der Waals surface area contributed by atoms with Gasteiger partial charge < -0.3 is 16.0 Å². The van der Waals surface area contributed by atoms with Gasteiger partial charge in [0, 0.05) is 61.0 Å². The molecule has 1 aromatic rings. The fraction of sp³-hybridized carbons (Fsp3) is 0.542. The first-order valence-electron chi connectivity index (χ1n) is 11.3. The molecule has 1 fully saturated rings. The monoisotopic (exact) mass is 440 g/mol. The molecule has 1 aromatic heterocycles. The van der Waals surface area contributed by atoms with E-state index in [-0.39, 0.29) is 6.04 Å². The van der Waals surface area contributed by atoms with Crippen molar-refractivity contribution >= 4 is 23.3 Å². The molecule has 2 aliphatic heterocycles. The fourth-order valence-corrected chi connectivity index (χ4v) is 4.53. The van der Waals surface area contributed by atoms with Crippen LogP contribution in [-0.4, -0.2) is 53.3 Å². The second-order valence-corrected chi connectivity index (χ2v) is 9.70. The Labute approximate surface area is 190 Å². The van der Waals surface area contributed by atoms with Crippen molar-refractivity contribution < 1.29 is 0 Å². The molecule has 1 saturated heterocycles. The van der Waals surface area contributed by atoms with Crippen LogP contribution in [0.5, 0.6) is 0 Å². The van der Waals surface area contributed by atoms with E-state index in [4.69, 9.17) is 27.3 Å². The zero-order valence-electron chi connectivity index (χ0n) is 18.7. The van der Waals surface area contributed by atoms with E-state index in [1.54, 1.807) is 0 Å². The first-order chi connectivity index (χ1) is 14.9. The lowest BCUT2D eigenvalue weighted by molar-refractivity contribution is 0.184. The third-order valence-corrected chi connectivity index (χ3v) is 6.51. The molecule has 1 aliphatic carbocycles. The molecule has 0 spiro atoms. The Balaban J connectivity index is 1.40. The van der Waals surface area contributed by atoms with E-state index in [0.29, 0.717) is 24.8 Å². The van der Waals surface area contributed by atoms with E-state index in [2.05, 4.69) is 29.0 Å². The highest BCUT2D eigenvalue weighted by Gasteiger charge is 2.27. The number of aromatic nitrogens is 1. The number of aryl methyl sites for hydroxylation is 1. The van der Waals surface area contributed by atoms with Crippen molar-refractivity contribution in [3.8, 4) is 0 Å². The Morgan fingerprint density at radius 2 is 2.00 bits per heavy atom. The molecular weight excluding hydrogens is 408 g/mol. The Bertz CT molecular complexity index is 937. The van der Waals surface area contributed by atoms with Gasteiger partial charge in [0.05, 0.1) is 11.4 Å². The van der Waals surface area contributed by atoms with Crippen LogP contribution in [0.1, 0.15) is 44.5 Å². The van der Waals surface area contributed by atoms with E-state index >= 15 is 0 Å². The summed E-state index contributed by atoms with van der Waals surface area (Å²) in [6, 6.07) is 6.72. The van der Waals surface area contributed by atoms with Crippen LogP contribution < -0.4 is 11.1 Å². The van der Waals surface area contributed by atoms with Gasteiger partial charge >= 0.3 is 0 Å². The number of hydrogen-bond donors (Lipinski definition) is 2. The fourth-order valence-electron chi connectivity index (χ4n) is 4.27. The molecule has 7 heteroatoms. The third kappa shape index (κ3) is 5.62. The van der Waals surface area contributed by atoms with Crippen molar-refractivity contribution in [2.24, 2.45) is 21.6 Å². The van der Waals surface area contributed by atoms with E-state index in [1.807, 2.05) is 31.2 Å². The summed E-state index contributed by atoms with van der Waals surface area (Å²) in [6.07, 6.45) is 5.53. The van der Waals surface area contributed by atoms with Crippen molar-refractivity contribution in [2.75, 3.05) is 19.6 Å². The van der Waals surface area contributed by atoms with Crippen LogP contribution >= 0.6 is 11.6 Å². The van der Waals surface area contributed by atoms with Crippen molar-refractivity contribution in [1.29, 1.82) is 0 Å². The highest BCUT2D eigenvalue weighted by molar-refractivity contribution is 6.33. The standard InChI is InChI=1S/C24H33ClN6/c1-15(2)21(26)14-31-9-7-19(8-10-31)28-24-29-22-13-18(25)11-17(23(22)30-24)12-20-6-4-5-16(3)27-20/h4-6,11,15,19,21H,7-10,12-14,26H2,1-3H3,(H,28,30). The highest BCUT2D eigenvalue weighted by atomic mass is 35.5. The zero-order valence-corrected chi connectivity index (χ0v) is 19.5. The molecule has 31 heavy (non-hydrogen) atoms. The molecule has 166 valence electrons. The SMILES string of the molecule is Cc1cccc(CC2=C3N=C(NC4CCN(CC(N)C(C)C)CC4)N=C3CC(Cl)=C2)n1. The van der Waals surface area contributed by atoms with Crippen molar-refractivity contribution in [3.63, 3.8) is 0 Å². The molecule has 3 N–H and O–H groups in total. The Morgan fingerprint density at radius 3 is 2.71 bits per heavy atom. The summed E-state index contributed by atoms with van der Waals surface area (Å²) in [6.45, 7) is 9.48. The summed E-state index contributed by atoms with van der Waals surface area (Å²) in [5.41, 5.74) is 11.3. The summed E-state index contributed by atoms with van der Waals surface area (Å²) >= 11 is 6.43. The number of nitrogens with two attached hydrogens (primary N) is 1. The van der Waals surface area contributed by atoms with Crippen LogP contribution in [0, 0.1) is 12.8 Å². The Kier molecular flexibility index (Phi) is 6.89. The van der Waals surface area contributed by atoms with Gasteiger partial charge in [-0.05, 0) is 49.5 Å². The van der Waals surface area contributed by atoms with Gasteiger partial charge in [0.15, 0.2) is 0 Å². The number of pyridine rings is 1. The minimum atomic E-state index is 0.240. The summed E-state index contributed by atoms with van der Waals surface area (Å²) < 4.78 is 0. The minimum Gasteiger partial charge on any atom is -0.351 e. The number of likely N-dealkylation sites (tertiary alicyclic amines) is 1. The first-order valence-corrected chi connectivity index (χ1v) is 11.7. The molecule has 0 bridgehead atoms. The number of allylic oxidation sites excluding steroid dienone is 4. The molecule has 0 radical (unpaired) electrons. The predicted octanol–water partition coefficient (Wildman–Crippen LogP) is 3.56. The lowest BCUT2D eigenvalue weighted by Crippen LogP contribution is -2.48. The van der Waals surface area contributed by atoms with E-state index in [9.17, 15) is 0 Å². The van der Waals surface area contributed by atoms with Gasteiger partial charge in [0.1, 0.15) is 0 Å². The van der Waals surface area contributed by atoms with E-state index < -0.39 is 0 Å². The van der Waals surface area contributed by atoms with Crippen molar-refractivity contribution in [2.45, 2.75) is 58.5 Å². The maximum absolute atomic E-state index is 6.43. The molecule has 3 aliphatic rings. The average molecular weight is 441 g/mol. The molecule has 3 heterocycles. The first kappa shape index (κ1) is 22.2. The summed E-state index contributed by atoms with van der Waals surface area (Å²) in [4.78, 5) is 16.7. The van der Waals surface area contributed by atoms with Gasteiger partial charge in [-0.1, -0.05) is 31.5 Å². The highest BCUT2D eigenvalue weighted by Crippen LogP contribution is 2.30. The predicted molar refractivity (Wildman–Crippen MR) is 129 cm³/mol. The second kappa shape index (κ2) is 9.63.